The molecule has 29 heavy (non-hydrogen) atoms. The molecule has 1 aromatic carbocycles. The molecule has 5 rings (SSSR count). The third kappa shape index (κ3) is 3.33. The highest BCUT2D eigenvalue weighted by atomic mass is 17.0. The van der Waals surface area contributed by atoms with E-state index in [1.807, 2.05) is 24.3 Å². The monoisotopic (exact) mass is 391 g/mol. The van der Waals surface area contributed by atoms with Crippen molar-refractivity contribution in [2.75, 3.05) is 0 Å². The van der Waals surface area contributed by atoms with Crippen LogP contribution in [-0.2, 0) is 19.4 Å². The van der Waals surface area contributed by atoms with Gasteiger partial charge in [0.15, 0.2) is 0 Å². The SMILES string of the molecule is CC(C)(C)C1CCc2nc3cc(C(=O)NCc4ccc5ooc5c4)[nH]c3cc2C1. The summed E-state index contributed by atoms with van der Waals surface area (Å²) in [5.74, 6) is 0.512. The first-order valence-corrected chi connectivity index (χ1v) is 10.1. The Balaban J connectivity index is 1.34. The van der Waals surface area contributed by atoms with Gasteiger partial charge in [-0.3, -0.25) is 18.9 Å². The number of nitrogens with zero attached hydrogens (tertiary/aromatic N) is 1. The van der Waals surface area contributed by atoms with Crippen molar-refractivity contribution in [3.05, 3.63) is 52.8 Å². The van der Waals surface area contributed by atoms with Gasteiger partial charge in [-0.1, -0.05) is 26.8 Å². The number of benzene rings is 1. The Kier molecular flexibility index (Phi) is 4.05. The summed E-state index contributed by atoms with van der Waals surface area (Å²) in [5.41, 5.74) is 7.47. The number of aryl methyl sites for hydroxylation is 1. The summed E-state index contributed by atoms with van der Waals surface area (Å²) in [7, 11) is 0. The summed E-state index contributed by atoms with van der Waals surface area (Å²) < 4.78 is 9.73. The largest absolute Gasteiger partial charge is 0.349 e. The smallest absolute Gasteiger partial charge is 0.268 e. The molecule has 2 N–H and O–H groups in total. The first kappa shape index (κ1) is 18.0. The van der Waals surface area contributed by atoms with Crippen LogP contribution in [-0.4, -0.2) is 15.9 Å². The summed E-state index contributed by atoms with van der Waals surface area (Å²) in [5, 5.41) is 2.95. The third-order valence-corrected chi connectivity index (χ3v) is 6.12. The Morgan fingerprint density at radius 2 is 2.03 bits per heavy atom. The number of pyridine rings is 1. The van der Waals surface area contributed by atoms with Crippen molar-refractivity contribution in [3.63, 3.8) is 0 Å². The fourth-order valence-corrected chi connectivity index (χ4v) is 4.20. The van der Waals surface area contributed by atoms with E-state index in [0.717, 1.165) is 35.0 Å². The lowest BCUT2D eigenvalue weighted by Crippen LogP contribution is -2.27. The van der Waals surface area contributed by atoms with Gasteiger partial charge in [0, 0.05) is 12.2 Å². The molecule has 6 heteroatoms. The first-order valence-electron chi connectivity index (χ1n) is 10.1. The quantitative estimate of drug-likeness (QED) is 0.482. The van der Waals surface area contributed by atoms with E-state index in [0.29, 0.717) is 29.2 Å². The highest BCUT2D eigenvalue weighted by Gasteiger charge is 2.29. The van der Waals surface area contributed by atoms with Crippen LogP contribution < -0.4 is 5.32 Å². The minimum Gasteiger partial charge on any atom is -0.349 e. The number of aromatic amines is 1. The number of rotatable bonds is 3. The molecule has 4 aromatic rings. The minimum atomic E-state index is -0.145. The topological polar surface area (TPSA) is 84.1 Å². The van der Waals surface area contributed by atoms with E-state index in [4.69, 9.17) is 14.1 Å². The molecular formula is C23H25N3O3. The molecule has 0 saturated heterocycles. The van der Waals surface area contributed by atoms with Crippen LogP contribution in [0.25, 0.3) is 22.2 Å². The van der Waals surface area contributed by atoms with E-state index in [9.17, 15) is 4.79 Å². The van der Waals surface area contributed by atoms with Gasteiger partial charge in [-0.25, -0.2) is 0 Å². The molecule has 150 valence electrons. The highest BCUT2D eigenvalue weighted by Crippen LogP contribution is 2.37. The van der Waals surface area contributed by atoms with Gasteiger partial charge in [0.1, 0.15) is 5.69 Å². The van der Waals surface area contributed by atoms with E-state index in [1.165, 1.54) is 17.7 Å². The van der Waals surface area contributed by atoms with Gasteiger partial charge in [0.2, 0.25) is 11.2 Å². The lowest BCUT2D eigenvalue weighted by atomic mass is 9.71. The standard InChI is InChI=1S/C23H25N3O3/c1-23(2,3)15-5-6-16-14(9-15)10-17-18(25-16)11-19(26-17)22(27)24-12-13-4-7-20-21(8-13)29-28-20/h4,7-8,10-11,15,26H,5-6,9,12H2,1-3H3,(H,24,27). The van der Waals surface area contributed by atoms with E-state index < -0.39 is 0 Å². The Hall–Kier alpha value is -3.02. The van der Waals surface area contributed by atoms with Gasteiger partial charge in [-0.05, 0) is 66.0 Å². The van der Waals surface area contributed by atoms with Crippen LogP contribution in [0.15, 0.2) is 39.5 Å². The number of nitrogens with one attached hydrogen (secondary N) is 2. The number of fused-ring (bicyclic) bond motifs is 3. The van der Waals surface area contributed by atoms with Crippen molar-refractivity contribution >= 4 is 28.1 Å². The Labute approximate surface area is 168 Å². The van der Waals surface area contributed by atoms with E-state index in [1.54, 1.807) is 0 Å². The summed E-state index contributed by atoms with van der Waals surface area (Å²) in [6.45, 7) is 7.35. The normalized spacial score (nSPS) is 17.0. The van der Waals surface area contributed by atoms with Crippen molar-refractivity contribution < 1.29 is 13.9 Å². The van der Waals surface area contributed by atoms with Crippen molar-refractivity contribution in [2.45, 2.75) is 46.6 Å². The average Bonchev–Trinajstić information content (AvgIpc) is 3.07. The van der Waals surface area contributed by atoms with Crippen molar-refractivity contribution in [1.29, 1.82) is 0 Å². The second-order valence-electron chi connectivity index (χ2n) is 9.15. The summed E-state index contributed by atoms with van der Waals surface area (Å²) in [6.07, 6.45) is 3.22. The predicted molar refractivity (Wildman–Crippen MR) is 111 cm³/mol. The van der Waals surface area contributed by atoms with Crippen molar-refractivity contribution in [1.82, 2.24) is 15.3 Å². The summed E-state index contributed by atoms with van der Waals surface area (Å²) in [6, 6.07) is 9.64. The van der Waals surface area contributed by atoms with Crippen molar-refractivity contribution in [2.24, 2.45) is 11.3 Å². The van der Waals surface area contributed by atoms with Gasteiger partial charge < -0.3 is 10.3 Å². The second-order valence-corrected chi connectivity index (χ2v) is 9.15. The summed E-state index contributed by atoms with van der Waals surface area (Å²) >= 11 is 0. The maximum atomic E-state index is 12.6. The molecule has 1 unspecified atom stereocenters. The molecule has 0 saturated carbocycles. The Bertz CT molecular complexity index is 1210. The number of hydrogen-bond donors (Lipinski definition) is 2. The number of carbonyl (C=O) groups excluding carboxylic acids is 1. The van der Waals surface area contributed by atoms with Crippen LogP contribution in [0.4, 0.5) is 0 Å². The maximum Gasteiger partial charge on any atom is 0.268 e. The molecule has 0 bridgehead atoms. The zero-order chi connectivity index (χ0) is 20.2. The first-order chi connectivity index (χ1) is 13.9. The van der Waals surface area contributed by atoms with Gasteiger partial charge in [0.25, 0.3) is 5.91 Å². The van der Waals surface area contributed by atoms with Crippen molar-refractivity contribution in [3.8, 4) is 0 Å². The molecular weight excluding hydrogens is 366 g/mol. The second kappa shape index (κ2) is 6.51. The van der Waals surface area contributed by atoms with Crippen LogP contribution in [0.2, 0.25) is 0 Å². The van der Waals surface area contributed by atoms with E-state index >= 15 is 0 Å². The molecule has 1 aliphatic rings. The summed E-state index contributed by atoms with van der Waals surface area (Å²) in [4.78, 5) is 20.7. The number of hydrogen-bond acceptors (Lipinski definition) is 4. The molecule has 1 aliphatic carbocycles. The Morgan fingerprint density at radius 1 is 1.21 bits per heavy atom. The van der Waals surface area contributed by atoms with E-state index in [2.05, 4.69) is 37.1 Å². The van der Waals surface area contributed by atoms with Crippen LogP contribution in [0.1, 0.15) is 54.5 Å². The minimum absolute atomic E-state index is 0.145. The molecule has 0 fully saturated rings. The van der Waals surface area contributed by atoms with Crippen LogP contribution in [0.5, 0.6) is 0 Å². The number of amides is 1. The Morgan fingerprint density at radius 3 is 2.76 bits per heavy atom. The van der Waals surface area contributed by atoms with E-state index in [-0.39, 0.29) is 5.91 Å². The molecule has 0 aliphatic heterocycles. The van der Waals surface area contributed by atoms with Crippen LogP contribution in [0, 0.1) is 11.3 Å². The lowest BCUT2D eigenvalue weighted by Gasteiger charge is -2.34. The number of carbonyl (C=O) groups is 1. The zero-order valence-corrected chi connectivity index (χ0v) is 17.0. The number of aromatic nitrogens is 2. The van der Waals surface area contributed by atoms with Gasteiger partial charge >= 0.3 is 0 Å². The molecule has 3 aromatic heterocycles. The number of H-pyrrole nitrogens is 1. The van der Waals surface area contributed by atoms with Gasteiger partial charge in [0.05, 0.1) is 11.0 Å². The molecule has 3 heterocycles. The average molecular weight is 391 g/mol. The fourth-order valence-electron chi connectivity index (χ4n) is 4.20. The fraction of sp³-hybridized carbons (Fsp3) is 0.391. The maximum absolute atomic E-state index is 12.6. The highest BCUT2D eigenvalue weighted by molar-refractivity contribution is 5.97. The van der Waals surface area contributed by atoms with Gasteiger partial charge in [-0.15, -0.1) is 0 Å². The molecule has 0 spiro atoms. The molecule has 1 amide bonds. The predicted octanol–water partition coefficient (Wildman–Crippen LogP) is 4.98. The van der Waals surface area contributed by atoms with Crippen LogP contribution >= 0.6 is 0 Å². The third-order valence-electron chi connectivity index (χ3n) is 6.12. The molecule has 0 radical (unpaired) electrons. The molecule has 6 nitrogen and oxygen atoms in total. The lowest BCUT2D eigenvalue weighted by molar-refractivity contribution is 0.0588. The van der Waals surface area contributed by atoms with Crippen LogP contribution in [0.3, 0.4) is 0 Å². The zero-order valence-electron chi connectivity index (χ0n) is 17.0. The van der Waals surface area contributed by atoms with Gasteiger partial charge in [-0.2, -0.15) is 0 Å². The molecule has 1 atom stereocenters.